The molecule has 3 aromatic heterocycles. The Balaban J connectivity index is 0.00000387. The van der Waals surface area contributed by atoms with Gasteiger partial charge in [0.15, 0.2) is 0 Å². The molecule has 7 aromatic rings. The number of benzene rings is 4. The van der Waals surface area contributed by atoms with Crippen LogP contribution in [0.25, 0.3) is 78.7 Å². The standard InChI is InChI=1S/C44H29N5O2.Pt/c50-43-41-39(29-17-9-3-10-18-29)35-25-23-33(46-35)37(27-13-5-1-6-14-27)31-21-22-32(45-31)38(28-15-7-2-8-16-28)34-24-26-36(47-34)40(30-19-11-4-12-20-30)42(48-41)44(51)49-43;/h1-26H,(H3,45,46,47,48,49,50,51);/q;+2/p-2. The topological polar surface area (TPSA) is 100 Å². The monoisotopic (exact) mass is 852 g/mol. The SMILES string of the molecule is O=C1NC(=O)c2nc1c(-c1ccccc1)c1ccc([n-]1)c(-c1ccccc1)c1nc(c(-c3ccccc3)c3ccc([n-]3)c2-c2ccccc2)C=C1.[Pt+2]. The number of nitrogens with one attached hydrogen (secondary N) is 1. The van der Waals surface area contributed by atoms with Gasteiger partial charge in [0.25, 0.3) is 11.8 Å². The molecule has 8 heteroatoms. The summed E-state index contributed by atoms with van der Waals surface area (Å²) in [6.07, 6.45) is 4.03. The molecule has 8 bridgehead atoms. The Labute approximate surface area is 313 Å². The summed E-state index contributed by atoms with van der Waals surface area (Å²) in [5.74, 6) is -1.21. The average Bonchev–Trinajstić information content (AvgIpc) is 3.96. The fraction of sp³-hybridized carbons (Fsp3) is 0. The number of hydrogen-bond acceptors (Lipinski definition) is 4. The maximum Gasteiger partial charge on any atom is 2.00 e. The third-order valence-corrected chi connectivity index (χ3v) is 9.06. The molecule has 2 amide bonds. The first-order valence-corrected chi connectivity index (χ1v) is 16.6. The van der Waals surface area contributed by atoms with E-state index in [1.165, 1.54) is 0 Å². The van der Waals surface area contributed by atoms with Crippen molar-refractivity contribution < 1.29 is 30.7 Å². The van der Waals surface area contributed by atoms with Crippen LogP contribution in [0, 0.1) is 0 Å². The number of carbonyl (C=O) groups excluding carboxylic acids is 2. The normalized spacial score (nSPS) is 12.2. The Kier molecular flexibility index (Phi) is 8.63. The Morgan fingerprint density at radius 3 is 1.04 bits per heavy atom. The summed E-state index contributed by atoms with van der Waals surface area (Å²) >= 11 is 0. The summed E-state index contributed by atoms with van der Waals surface area (Å²) in [6, 6.07) is 46.8. The van der Waals surface area contributed by atoms with Crippen LogP contribution in [-0.4, -0.2) is 21.8 Å². The van der Waals surface area contributed by atoms with Crippen LogP contribution in [0.5, 0.6) is 0 Å². The molecule has 52 heavy (non-hydrogen) atoms. The molecule has 2 aliphatic heterocycles. The number of hydrogen-bond donors (Lipinski definition) is 1. The van der Waals surface area contributed by atoms with E-state index in [1.54, 1.807) is 0 Å². The van der Waals surface area contributed by atoms with Gasteiger partial charge in [0.2, 0.25) is 0 Å². The van der Waals surface area contributed by atoms with Crippen molar-refractivity contribution in [1.29, 1.82) is 0 Å². The predicted molar refractivity (Wildman–Crippen MR) is 201 cm³/mol. The zero-order chi connectivity index (χ0) is 34.3. The maximum absolute atomic E-state index is 13.8. The van der Waals surface area contributed by atoms with Gasteiger partial charge in [0.05, 0.1) is 11.4 Å². The Morgan fingerprint density at radius 2 is 0.692 bits per heavy atom. The van der Waals surface area contributed by atoms with Crippen LogP contribution in [-0.2, 0) is 21.1 Å². The molecule has 0 radical (unpaired) electrons. The minimum Gasteiger partial charge on any atom is -0.657 e. The van der Waals surface area contributed by atoms with Crippen LogP contribution in [0.2, 0.25) is 0 Å². The van der Waals surface area contributed by atoms with Crippen molar-refractivity contribution in [2.75, 3.05) is 0 Å². The van der Waals surface area contributed by atoms with Gasteiger partial charge in [-0.05, 0) is 56.7 Å². The molecule has 2 aliphatic rings. The van der Waals surface area contributed by atoms with Crippen LogP contribution in [0.15, 0.2) is 146 Å². The van der Waals surface area contributed by atoms with Crippen molar-refractivity contribution in [3.63, 3.8) is 0 Å². The fourth-order valence-corrected chi connectivity index (χ4v) is 6.78. The van der Waals surface area contributed by atoms with E-state index in [9.17, 15) is 9.59 Å². The number of amides is 2. The van der Waals surface area contributed by atoms with Crippen molar-refractivity contribution in [3.8, 4) is 44.5 Å². The number of nitrogens with zero attached hydrogens (tertiary/aromatic N) is 4. The zero-order valence-corrected chi connectivity index (χ0v) is 29.7. The van der Waals surface area contributed by atoms with Crippen molar-refractivity contribution >= 4 is 46.0 Å². The fourth-order valence-electron chi connectivity index (χ4n) is 6.78. The summed E-state index contributed by atoms with van der Waals surface area (Å²) in [6.45, 7) is 0. The molecule has 250 valence electrons. The molecule has 0 spiro atoms. The molecule has 5 heterocycles. The predicted octanol–water partition coefficient (Wildman–Crippen LogP) is 8.98. The van der Waals surface area contributed by atoms with Gasteiger partial charge < -0.3 is 9.97 Å². The van der Waals surface area contributed by atoms with Crippen molar-refractivity contribution in [1.82, 2.24) is 25.3 Å². The largest absolute Gasteiger partial charge is 2.00 e. The van der Waals surface area contributed by atoms with Crippen molar-refractivity contribution in [2.45, 2.75) is 0 Å². The van der Waals surface area contributed by atoms with E-state index < -0.39 is 11.8 Å². The Hall–Kier alpha value is -6.43. The second-order valence-electron chi connectivity index (χ2n) is 12.2. The molecule has 4 aromatic carbocycles. The van der Waals surface area contributed by atoms with Crippen LogP contribution >= 0.6 is 0 Å². The van der Waals surface area contributed by atoms with Gasteiger partial charge in [-0.25, -0.2) is 9.97 Å². The van der Waals surface area contributed by atoms with E-state index in [-0.39, 0.29) is 32.5 Å². The van der Waals surface area contributed by atoms with Gasteiger partial charge in [0.1, 0.15) is 11.4 Å². The summed E-state index contributed by atoms with van der Waals surface area (Å²) in [4.78, 5) is 48.1. The first-order valence-electron chi connectivity index (χ1n) is 16.6. The van der Waals surface area contributed by atoms with E-state index in [0.29, 0.717) is 33.2 Å². The van der Waals surface area contributed by atoms with E-state index in [2.05, 4.69) is 5.32 Å². The second-order valence-corrected chi connectivity index (χ2v) is 12.2. The van der Waals surface area contributed by atoms with E-state index in [4.69, 9.17) is 19.9 Å². The quantitative estimate of drug-likeness (QED) is 0.178. The van der Waals surface area contributed by atoms with E-state index in [1.807, 2.05) is 158 Å². The molecule has 0 fully saturated rings. The maximum atomic E-state index is 13.8. The summed E-state index contributed by atoms with van der Waals surface area (Å²) in [5, 5.41) is 2.59. The first-order chi connectivity index (χ1) is 25.1. The van der Waals surface area contributed by atoms with Gasteiger partial charge in [-0.1, -0.05) is 146 Å². The number of rotatable bonds is 4. The molecule has 0 saturated heterocycles. The van der Waals surface area contributed by atoms with Crippen molar-refractivity contribution in [3.05, 3.63) is 168 Å². The molecule has 0 unspecified atom stereocenters. The first kappa shape index (κ1) is 32.8. The second kappa shape index (κ2) is 13.7. The van der Waals surface area contributed by atoms with Gasteiger partial charge in [-0.3, -0.25) is 14.9 Å². The molecule has 0 aliphatic carbocycles. The van der Waals surface area contributed by atoms with Crippen LogP contribution < -0.4 is 15.3 Å². The van der Waals surface area contributed by atoms with Crippen LogP contribution in [0.3, 0.4) is 0 Å². The smallest absolute Gasteiger partial charge is 0.657 e. The zero-order valence-electron chi connectivity index (χ0n) is 27.4. The number of imide groups is 1. The van der Waals surface area contributed by atoms with Crippen LogP contribution in [0.1, 0.15) is 32.4 Å². The summed E-state index contributed by atoms with van der Waals surface area (Å²) in [7, 11) is 0. The summed E-state index contributed by atoms with van der Waals surface area (Å²) in [5.41, 5.74) is 10.2. The van der Waals surface area contributed by atoms with Gasteiger partial charge in [-0.2, -0.15) is 0 Å². The Morgan fingerprint density at radius 1 is 0.385 bits per heavy atom. The van der Waals surface area contributed by atoms with E-state index >= 15 is 0 Å². The van der Waals surface area contributed by atoms with Crippen molar-refractivity contribution in [2.24, 2.45) is 0 Å². The molecule has 1 N–H and O–H groups in total. The third-order valence-electron chi connectivity index (χ3n) is 9.06. The Bertz CT molecular complexity index is 2500. The van der Waals surface area contributed by atoms with Gasteiger partial charge >= 0.3 is 21.1 Å². The minimum absolute atomic E-state index is 0. The minimum atomic E-state index is -0.605. The van der Waals surface area contributed by atoms with Gasteiger partial charge in [-0.15, -0.1) is 22.1 Å². The van der Waals surface area contributed by atoms with E-state index in [0.717, 1.165) is 44.8 Å². The average molecular weight is 853 g/mol. The number of carbonyl (C=O) groups is 2. The molecule has 0 saturated carbocycles. The molecule has 0 atom stereocenters. The number of fused-ring (bicyclic) bond motifs is 8. The molecule has 7 nitrogen and oxygen atoms in total. The summed E-state index contributed by atoms with van der Waals surface area (Å²) < 4.78 is 0. The molecule has 9 rings (SSSR count). The molecular weight excluding hydrogens is 826 g/mol. The van der Waals surface area contributed by atoms with Crippen LogP contribution in [0.4, 0.5) is 0 Å². The van der Waals surface area contributed by atoms with Gasteiger partial charge in [0, 0.05) is 0 Å². The number of aromatic nitrogens is 4. The third kappa shape index (κ3) is 5.81. The molecular formula is C44H27N5O2Pt.